The molecule has 0 spiro atoms. The van der Waals surface area contributed by atoms with Crippen LogP contribution in [0.5, 0.6) is 5.75 Å². The summed E-state index contributed by atoms with van der Waals surface area (Å²) in [5.41, 5.74) is 0.0744. The first-order valence-electron chi connectivity index (χ1n) is 5.81. The van der Waals surface area contributed by atoms with Crippen LogP contribution in [0.3, 0.4) is 0 Å². The van der Waals surface area contributed by atoms with E-state index in [1.807, 2.05) is 0 Å². The number of nitrogens with zero attached hydrogens (tertiary/aromatic N) is 1. The number of hydrogen-bond acceptors (Lipinski definition) is 4. The van der Waals surface area contributed by atoms with Crippen molar-refractivity contribution in [2.45, 2.75) is 6.92 Å². The van der Waals surface area contributed by atoms with Crippen molar-refractivity contribution < 1.29 is 14.5 Å². The second-order valence-corrected chi connectivity index (χ2v) is 5.09. The van der Waals surface area contributed by atoms with Gasteiger partial charge in [-0.05, 0) is 42.8 Å². The van der Waals surface area contributed by atoms with Crippen molar-refractivity contribution in [1.82, 2.24) is 0 Å². The Labute approximate surface area is 130 Å². The monoisotopic (exact) mass is 325 g/mol. The van der Waals surface area contributed by atoms with Gasteiger partial charge in [-0.25, -0.2) is 4.79 Å². The predicted molar refractivity (Wildman–Crippen MR) is 79.3 cm³/mol. The molecule has 0 saturated carbocycles. The quantitative estimate of drug-likeness (QED) is 0.362. The highest BCUT2D eigenvalue weighted by molar-refractivity contribution is 6.31. The number of rotatable bonds is 3. The summed E-state index contributed by atoms with van der Waals surface area (Å²) in [6.45, 7) is 1.71. The van der Waals surface area contributed by atoms with Gasteiger partial charge in [0.2, 0.25) is 0 Å². The first-order valence-corrected chi connectivity index (χ1v) is 6.56. The Balaban J connectivity index is 2.34. The minimum atomic E-state index is -0.830. The van der Waals surface area contributed by atoms with Gasteiger partial charge in [0.1, 0.15) is 11.3 Å². The number of hydrogen-bond donors (Lipinski definition) is 0. The van der Waals surface area contributed by atoms with Gasteiger partial charge in [-0.2, -0.15) is 0 Å². The molecule has 2 aromatic carbocycles. The van der Waals surface area contributed by atoms with Gasteiger partial charge in [-0.15, -0.1) is 0 Å². The van der Waals surface area contributed by atoms with Gasteiger partial charge in [0.05, 0.1) is 4.92 Å². The van der Waals surface area contributed by atoms with Gasteiger partial charge in [0.25, 0.3) is 5.69 Å². The second-order valence-electron chi connectivity index (χ2n) is 4.22. The van der Waals surface area contributed by atoms with Gasteiger partial charge >= 0.3 is 5.97 Å². The fourth-order valence-electron chi connectivity index (χ4n) is 1.71. The van der Waals surface area contributed by atoms with Crippen molar-refractivity contribution in [2.75, 3.05) is 0 Å². The molecule has 0 radical (unpaired) electrons. The van der Waals surface area contributed by atoms with Gasteiger partial charge in [-0.1, -0.05) is 23.2 Å². The van der Waals surface area contributed by atoms with E-state index in [1.165, 1.54) is 18.2 Å². The highest BCUT2D eigenvalue weighted by atomic mass is 35.5. The highest BCUT2D eigenvalue weighted by Gasteiger charge is 2.22. The number of nitro groups is 1. The number of halogens is 2. The molecular weight excluding hydrogens is 317 g/mol. The SMILES string of the molecule is Cc1cc(Cl)ccc1OC(=O)c1ccc(Cl)cc1[N+](=O)[O-]. The summed E-state index contributed by atoms with van der Waals surface area (Å²) in [5.74, 6) is -0.544. The van der Waals surface area contributed by atoms with Crippen LogP contribution in [0.2, 0.25) is 10.0 Å². The van der Waals surface area contributed by atoms with Crippen LogP contribution >= 0.6 is 23.2 Å². The third kappa shape index (κ3) is 3.51. The van der Waals surface area contributed by atoms with Crippen molar-refractivity contribution in [3.63, 3.8) is 0 Å². The molecule has 0 fully saturated rings. The lowest BCUT2D eigenvalue weighted by Crippen LogP contribution is -2.11. The summed E-state index contributed by atoms with van der Waals surface area (Å²) in [7, 11) is 0. The van der Waals surface area contributed by atoms with Crippen LogP contribution in [0.25, 0.3) is 0 Å². The summed E-state index contributed by atoms with van der Waals surface area (Å²) in [4.78, 5) is 22.4. The second kappa shape index (κ2) is 6.11. The molecule has 108 valence electrons. The van der Waals surface area contributed by atoms with Crippen LogP contribution in [-0.4, -0.2) is 10.9 Å². The van der Waals surface area contributed by atoms with Crippen LogP contribution in [0, 0.1) is 17.0 Å². The molecule has 0 amide bonds. The van der Waals surface area contributed by atoms with E-state index in [4.69, 9.17) is 27.9 Å². The van der Waals surface area contributed by atoms with E-state index in [1.54, 1.807) is 19.1 Å². The Morgan fingerprint density at radius 2 is 1.76 bits per heavy atom. The van der Waals surface area contributed by atoms with E-state index in [0.717, 1.165) is 6.07 Å². The van der Waals surface area contributed by atoms with Crippen molar-refractivity contribution in [1.29, 1.82) is 0 Å². The van der Waals surface area contributed by atoms with Crippen molar-refractivity contribution >= 4 is 34.9 Å². The molecule has 0 bridgehead atoms. The summed E-state index contributed by atoms with van der Waals surface area (Å²) in [6, 6.07) is 8.46. The van der Waals surface area contributed by atoms with E-state index < -0.39 is 16.6 Å². The molecule has 7 heteroatoms. The first kappa shape index (κ1) is 15.3. The minimum Gasteiger partial charge on any atom is -0.422 e. The highest BCUT2D eigenvalue weighted by Crippen LogP contribution is 2.27. The average molecular weight is 326 g/mol. The van der Waals surface area contributed by atoms with Gasteiger partial charge in [0.15, 0.2) is 0 Å². The fourth-order valence-corrected chi connectivity index (χ4v) is 2.10. The number of benzene rings is 2. The predicted octanol–water partition coefficient (Wildman–Crippen LogP) is 4.43. The topological polar surface area (TPSA) is 69.4 Å². The molecule has 0 atom stereocenters. The standard InChI is InChI=1S/C14H9Cl2NO4/c1-8-6-9(15)3-5-13(8)21-14(18)11-4-2-10(16)7-12(11)17(19)20/h2-7H,1H3. The lowest BCUT2D eigenvalue weighted by atomic mass is 10.2. The van der Waals surface area contributed by atoms with E-state index in [-0.39, 0.29) is 16.3 Å². The third-order valence-electron chi connectivity index (χ3n) is 2.72. The smallest absolute Gasteiger partial charge is 0.350 e. The van der Waals surface area contributed by atoms with Crippen LogP contribution in [-0.2, 0) is 0 Å². The number of esters is 1. The van der Waals surface area contributed by atoms with Gasteiger partial charge < -0.3 is 4.74 Å². The Bertz CT molecular complexity index is 731. The minimum absolute atomic E-state index is 0.168. The Morgan fingerprint density at radius 1 is 1.14 bits per heavy atom. The zero-order valence-electron chi connectivity index (χ0n) is 10.8. The van der Waals surface area contributed by atoms with E-state index in [2.05, 4.69) is 0 Å². The molecular formula is C14H9Cl2NO4. The summed E-state index contributed by atoms with van der Waals surface area (Å²) < 4.78 is 5.17. The molecule has 0 aliphatic carbocycles. The van der Waals surface area contributed by atoms with Crippen LogP contribution < -0.4 is 4.74 Å². The molecule has 0 heterocycles. The molecule has 0 aliphatic heterocycles. The molecule has 0 aromatic heterocycles. The maximum absolute atomic E-state index is 12.1. The lowest BCUT2D eigenvalue weighted by molar-refractivity contribution is -0.385. The number of aryl methyl sites for hydroxylation is 1. The molecule has 0 N–H and O–H groups in total. The van der Waals surface area contributed by atoms with Crippen LogP contribution in [0.1, 0.15) is 15.9 Å². The van der Waals surface area contributed by atoms with E-state index in [0.29, 0.717) is 10.6 Å². The maximum atomic E-state index is 12.1. The Hall–Kier alpha value is -2.11. The maximum Gasteiger partial charge on any atom is 0.350 e. The molecule has 0 aliphatic rings. The summed E-state index contributed by atoms with van der Waals surface area (Å²) in [6.07, 6.45) is 0. The van der Waals surface area contributed by atoms with E-state index >= 15 is 0 Å². The third-order valence-corrected chi connectivity index (χ3v) is 3.19. The van der Waals surface area contributed by atoms with Crippen LogP contribution in [0.4, 0.5) is 5.69 Å². The molecule has 0 unspecified atom stereocenters. The Kier molecular flexibility index (Phi) is 4.45. The number of carbonyl (C=O) groups is 1. The molecule has 21 heavy (non-hydrogen) atoms. The van der Waals surface area contributed by atoms with Crippen molar-refractivity contribution in [3.8, 4) is 5.75 Å². The van der Waals surface area contributed by atoms with Crippen molar-refractivity contribution in [3.05, 3.63) is 67.7 Å². The molecule has 5 nitrogen and oxygen atoms in total. The summed E-state index contributed by atoms with van der Waals surface area (Å²) >= 11 is 11.5. The average Bonchev–Trinajstić information content (AvgIpc) is 2.41. The number of ether oxygens (including phenoxy) is 1. The molecule has 2 rings (SSSR count). The number of nitro benzene ring substituents is 1. The zero-order chi connectivity index (χ0) is 15.6. The summed E-state index contributed by atoms with van der Waals surface area (Å²) in [5, 5.41) is 11.6. The normalized spacial score (nSPS) is 10.2. The lowest BCUT2D eigenvalue weighted by Gasteiger charge is -2.08. The van der Waals surface area contributed by atoms with Gasteiger partial charge in [0, 0.05) is 16.1 Å². The van der Waals surface area contributed by atoms with Crippen molar-refractivity contribution in [2.24, 2.45) is 0 Å². The van der Waals surface area contributed by atoms with E-state index in [9.17, 15) is 14.9 Å². The fraction of sp³-hybridized carbons (Fsp3) is 0.0714. The van der Waals surface area contributed by atoms with Gasteiger partial charge in [-0.3, -0.25) is 10.1 Å². The largest absolute Gasteiger partial charge is 0.422 e. The number of carbonyl (C=O) groups excluding carboxylic acids is 1. The molecule has 0 saturated heterocycles. The zero-order valence-corrected chi connectivity index (χ0v) is 12.3. The Morgan fingerprint density at radius 3 is 2.38 bits per heavy atom. The first-order chi connectivity index (χ1) is 9.88. The molecule has 2 aromatic rings. The van der Waals surface area contributed by atoms with Crippen LogP contribution in [0.15, 0.2) is 36.4 Å².